The Morgan fingerprint density at radius 2 is 2.00 bits per heavy atom. The largest absolute Gasteiger partial charge is 0.482 e. The lowest BCUT2D eigenvalue weighted by atomic mass is 9.97. The smallest absolute Gasteiger partial charge is 0.341 e. The molecule has 0 aliphatic carbocycles. The molecule has 0 bridgehead atoms. The number of carboxylic acids is 1. The minimum Gasteiger partial charge on any atom is -0.482 e. The molecule has 3 rings (SSSR count). The molecule has 1 amide bonds. The molecule has 1 aliphatic rings. The lowest BCUT2D eigenvalue weighted by Crippen LogP contribution is -2.31. The van der Waals surface area contributed by atoms with Gasteiger partial charge < -0.3 is 14.7 Å². The summed E-state index contributed by atoms with van der Waals surface area (Å²) in [6, 6.07) is 13.2. The first-order chi connectivity index (χ1) is 12.5. The molecule has 0 radical (unpaired) electrons. The molecular formula is C21H23NO4. The third-order valence-corrected chi connectivity index (χ3v) is 4.75. The highest BCUT2D eigenvalue weighted by Gasteiger charge is 2.31. The van der Waals surface area contributed by atoms with E-state index in [9.17, 15) is 9.59 Å². The van der Waals surface area contributed by atoms with Crippen molar-refractivity contribution in [2.75, 3.05) is 13.2 Å². The van der Waals surface area contributed by atoms with E-state index in [0.29, 0.717) is 11.3 Å². The Labute approximate surface area is 153 Å². The van der Waals surface area contributed by atoms with Crippen LogP contribution in [-0.2, 0) is 4.79 Å². The molecule has 0 aromatic heterocycles. The van der Waals surface area contributed by atoms with Gasteiger partial charge in [-0.3, -0.25) is 4.79 Å². The number of ether oxygens (including phenoxy) is 1. The summed E-state index contributed by atoms with van der Waals surface area (Å²) in [4.78, 5) is 25.6. The van der Waals surface area contributed by atoms with Gasteiger partial charge in [0.1, 0.15) is 5.75 Å². The maximum absolute atomic E-state index is 13.1. The molecular weight excluding hydrogens is 330 g/mol. The molecule has 0 spiro atoms. The maximum Gasteiger partial charge on any atom is 0.341 e. The summed E-state index contributed by atoms with van der Waals surface area (Å²) < 4.78 is 5.20. The standard InChI is InChI=1S/C21H23NO4/c1-14-8-9-15(2)18(11-14)19-7-4-10-22(19)21(25)16-5-3-6-17(12-16)26-13-20(23)24/h3,5-6,8-9,11-12,19H,4,7,10,13H2,1-2H3,(H,23,24). The second-order valence-corrected chi connectivity index (χ2v) is 6.73. The van der Waals surface area contributed by atoms with Crippen LogP contribution in [0.3, 0.4) is 0 Å². The highest BCUT2D eigenvalue weighted by atomic mass is 16.5. The zero-order chi connectivity index (χ0) is 18.7. The van der Waals surface area contributed by atoms with Gasteiger partial charge in [-0.05, 0) is 56.0 Å². The van der Waals surface area contributed by atoms with Crippen molar-refractivity contribution in [2.45, 2.75) is 32.7 Å². The lowest BCUT2D eigenvalue weighted by Gasteiger charge is -2.27. The Balaban J connectivity index is 1.83. The molecule has 26 heavy (non-hydrogen) atoms. The van der Waals surface area contributed by atoms with Crippen LogP contribution in [-0.4, -0.2) is 35.0 Å². The molecule has 1 saturated heterocycles. The molecule has 5 nitrogen and oxygen atoms in total. The highest BCUT2D eigenvalue weighted by Crippen LogP contribution is 2.35. The number of carbonyl (C=O) groups excluding carboxylic acids is 1. The topological polar surface area (TPSA) is 66.8 Å². The average Bonchev–Trinajstić information content (AvgIpc) is 3.11. The molecule has 1 heterocycles. The van der Waals surface area contributed by atoms with Crippen molar-refractivity contribution in [2.24, 2.45) is 0 Å². The summed E-state index contributed by atoms with van der Waals surface area (Å²) in [5, 5.41) is 8.73. The number of benzene rings is 2. The summed E-state index contributed by atoms with van der Waals surface area (Å²) in [6.07, 6.45) is 1.92. The Bertz CT molecular complexity index is 831. The van der Waals surface area contributed by atoms with E-state index >= 15 is 0 Å². The number of hydrogen-bond acceptors (Lipinski definition) is 3. The average molecular weight is 353 g/mol. The van der Waals surface area contributed by atoms with Crippen LogP contribution in [0.5, 0.6) is 5.75 Å². The number of rotatable bonds is 5. The normalized spacial score (nSPS) is 16.5. The first kappa shape index (κ1) is 18.0. The van der Waals surface area contributed by atoms with Gasteiger partial charge in [0, 0.05) is 12.1 Å². The second kappa shape index (κ2) is 7.60. The van der Waals surface area contributed by atoms with E-state index in [1.807, 2.05) is 4.90 Å². The number of amides is 1. The summed E-state index contributed by atoms with van der Waals surface area (Å²) >= 11 is 0. The zero-order valence-electron chi connectivity index (χ0n) is 15.1. The van der Waals surface area contributed by atoms with E-state index < -0.39 is 12.6 Å². The van der Waals surface area contributed by atoms with Crippen LogP contribution in [0.1, 0.15) is 45.9 Å². The second-order valence-electron chi connectivity index (χ2n) is 6.73. The number of nitrogens with zero attached hydrogens (tertiary/aromatic N) is 1. The van der Waals surface area contributed by atoms with Crippen LogP contribution in [0, 0.1) is 13.8 Å². The van der Waals surface area contributed by atoms with Gasteiger partial charge in [0.25, 0.3) is 5.91 Å². The monoisotopic (exact) mass is 353 g/mol. The van der Waals surface area contributed by atoms with E-state index in [4.69, 9.17) is 9.84 Å². The minimum absolute atomic E-state index is 0.0471. The van der Waals surface area contributed by atoms with Crippen molar-refractivity contribution in [3.05, 3.63) is 64.7 Å². The number of likely N-dealkylation sites (tertiary alicyclic amines) is 1. The SMILES string of the molecule is Cc1ccc(C)c(C2CCCN2C(=O)c2cccc(OCC(=O)O)c2)c1. The van der Waals surface area contributed by atoms with E-state index in [0.717, 1.165) is 19.4 Å². The van der Waals surface area contributed by atoms with Crippen molar-refractivity contribution >= 4 is 11.9 Å². The van der Waals surface area contributed by atoms with Gasteiger partial charge in [-0.1, -0.05) is 29.8 Å². The molecule has 0 saturated carbocycles. The van der Waals surface area contributed by atoms with Gasteiger partial charge in [-0.2, -0.15) is 0 Å². The van der Waals surface area contributed by atoms with Gasteiger partial charge in [-0.25, -0.2) is 4.79 Å². The van der Waals surface area contributed by atoms with Crippen molar-refractivity contribution in [1.29, 1.82) is 0 Å². The summed E-state index contributed by atoms with van der Waals surface area (Å²) in [5.41, 5.74) is 4.10. The van der Waals surface area contributed by atoms with E-state index in [2.05, 4.69) is 32.0 Å². The fourth-order valence-corrected chi connectivity index (χ4v) is 3.48. The van der Waals surface area contributed by atoms with Crippen LogP contribution < -0.4 is 4.74 Å². The maximum atomic E-state index is 13.1. The van der Waals surface area contributed by atoms with E-state index in [1.54, 1.807) is 24.3 Å². The van der Waals surface area contributed by atoms with Gasteiger partial charge in [0.05, 0.1) is 6.04 Å². The Morgan fingerprint density at radius 1 is 1.19 bits per heavy atom. The van der Waals surface area contributed by atoms with Gasteiger partial charge in [0.15, 0.2) is 6.61 Å². The zero-order valence-corrected chi connectivity index (χ0v) is 15.1. The van der Waals surface area contributed by atoms with Gasteiger partial charge in [0.2, 0.25) is 0 Å². The summed E-state index contributed by atoms with van der Waals surface area (Å²) in [5.74, 6) is -0.703. The fraction of sp³-hybridized carbons (Fsp3) is 0.333. The number of aryl methyl sites for hydroxylation is 2. The van der Waals surface area contributed by atoms with Crippen molar-refractivity contribution in [1.82, 2.24) is 4.90 Å². The van der Waals surface area contributed by atoms with Crippen LogP contribution >= 0.6 is 0 Å². The van der Waals surface area contributed by atoms with Crippen LogP contribution in [0.2, 0.25) is 0 Å². The number of carbonyl (C=O) groups is 2. The minimum atomic E-state index is -1.05. The number of carboxylic acid groups (broad SMARTS) is 1. The molecule has 5 heteroatoms. The first-order valence-electron chi connectivity index (χ1n) is 8.78. The molecule has 2 aromatic rings. The van der Waals surface area contributed by atoms with E-state index in [-0.39, 0.29) is 11.9 Å². The fourth-order valence-electron chi connectivity index (χ4n) is 3.48. The van der Waals surface area contributed by atoms with Crippen molar-refractivity contribution in [3.8, 4) is 5.75 Å². The Hall–Kier alpha value is -2.82. The Kier molecular flexibility index (Phi) is 5.26. The van der Waals surface area contributed by atoms with Crippen molar-refractivity contribution in [3.63, 3.8) is 0 Å². The predicted octanol–water partition coefficient (Wildman–Crippen LogP) is 3.74. The molecule has 1 N–H and O–H groups in total. The Morgan fingerprint density at radius 3 is 2.77 bits per heavy atom. The highest BCUT2D eigenvalue weighted by molar-refractivity contribution is 5.95. The van der Waals surface area contributed by atoms with Crippen LogP contribution in [0.25, 0.3) is 0 Å². The number of aliphatic carboxylic acids is 1. The molecule has 2 aromatic carbocycles. The van der Waals surface area contributed by atoms with Gasteiger partial charge >= 0.3 is 5.97 Å². The third-order valence-electron chi connectivity index (χ3n) is 4.75. The van der Waals surface area contributed by atoms with Crippen molar-refractivity contribution < 1.29 is 19.4 Å². The number of hydrogen-bond donors (Lipinski definition) is 1. The molecule has 1 aliphatic heterocycles. The van der Waals surface area contributed by atoms with E-state index in [1.165, 1.54) is 16.7 Å². The third kappa shape index (κ3) is 3.87. The molecule has 1 unspecified atom stereocenters. The molecule has 1 atom stereocenters. The first-order valence-corrected chi connectivity index (χ1v) is 8.78. The van der Waals surface area contributed by atoms with Gasteiger partial charge in [-0.15, -0.1) is 0 Å². The summed E-state index contributed by atoms with van der Waals surface area (Å²) in [7, 11) is 0. The molecule has 1 fully saturated rings. The van der Waals surface area contributed by atoms with Crippen LogP contribution in [0.15, 0.2) is 42.5 Å². The lowest BCUT2D eigenvalue weighted by molar-refractivity contribution is -0.139. The quantitative estimate of drug-likeness (QED) is 0.889. The molecule has 136 valence electrons. The van der Waals surface area contributed by atoms with Crippen LogP contribution in [0.4, 0.5) is 0 Å². The predicted molar refractivity (Wildman–Crippen MR) is 98.5 cm³/mol. The summed E-state index contributed by atoms with van der Waals surface area (Å²) in [6.45, 7) is 4.44.